The molecule has 2 aromatic rings. The van der Waals surface area contributed by atoms with Crippen molar-refractivity contribution in [2.45, 2.75) is 13.3 Å². The molecule has 3 heteroatoms. The van der Waals surface area contributed by atoms with Gasteiger partial charge in [-0.1, -0.05) is 42.5 Å². The normalized spacial score (nSPS) is 16.8. The molecule has 1 heterocycles. The lowest BCUT2D eigenvalue weighted by Crippen LogP contribution is -2.28. The van der Waals surface area contributed by atoms with E-state index in [1.807, 2.05) is 55.5 Å². The Labute approximate surface area is 123 Å². The van der Waals surface area contributed by atoms with Crippen LogP contribution in [0, 0.1) is 6.92 Å². The average molecular weight is 277 g/mol. The van der Waals surface area contributed by atoms with Gasteiger partial charge in [0, 0.05) is 5.57 Å². The molecule has 1 aliphatic rings. The zero-order valence-electron chi connectivity index (χ0n) is 11.7. The molecule has 0 N–H and O–H groups in total. The van der Waals surface area contributed by atoms with Crippen LogP contribution in [0.25, 0.3) is 6.08 Å². The number of benzene rings is 2. The lowest BCUT2D eigenvalue weighted by atomic mass is 10.1. The van der Waals surface area contributed by atoms with Gasteiger partial charge in [-0.3, -0.25) is 9.59 Å². The van der Waals surface area contributed by atoms with Crippen LogP contribution in [0.2, 0.25) is 0 Å². The van der Waals surface area contributed by atoms with Crippen molar-refractivity contribution in [3.63, 3.8) is 0 Å². The van der Waals surface area contributed by atoms with Gasteiger partial charge in [0.25, 0.3) is 5.91 Å². The molecule has 0 unspecified atom stereocenters. The first-order chi connectivity index (χ1) is 10.2. The van der Waals surface area contributed by atoms with Gasteiger partial charge in [-0.2, -0.15) is 0 Å². The third kappa shape index (κ3) is 2.50. The van der Waals surface area contributed by atoms with Gasteiger partial charge < -0.3 is 0 Å². The summed E-state index contributed by atoms with van der Waals surface area (Å²) >= 11 is 0. The molecule has 1 fully saturated rings. The number of aryl methyl sites for hydroxylation is 1. The highest BCUT2D eigenvalue weighted by molar-refractivity contribution is 6.29. The summed E-state index contributed by atoms with van der Waals surface area (Å²) in [4.78, 5) is 25.9. The van der Waals surface area contributed by atoms with Crippen LogP contribution in [0.3, 0.4) is 0 Å². The lowest BCUT2D eigenvalue weighted by Gasteiger charge is -2.12. The topological polar surface area (TPSA) is 37.4 Å². The Morgan fingerprint density at radius 1 is 0.952 bits per heavy atom. The van der Waals surface area contributed by atoms with Crippen LogP contribution in [-0.4, -0.2) is 11.8 Å². The van der Waals surface area contributed by atoms with Gasteiger partial charge in [0.1, 0.15) is 0 Å². The molecule has 2 aromatic carbocycles. The first-order valence-corrected chi connectivity index (χ1v) is 6.85. The summed E-state index contributed by atoms with van der Waals surface area (Å²) in [5.41, 5.74) is 3.23. The minimum absolute atomic E-state index is 0.155. The third-order valence-electron chi connectivity index (χ3n) is 3.60. The second-order valence-electron chi connectivity index (χ2n) is 5.07. The summed E-state index contributed by atoms with van der Waals surface area (Å²) in [6, 6.07) is 16.9. The standard InChI is InChI=1S/C18H15NO2/c1-13-7-5-6-8-14(13)11-15-12-17(20)19(18(15)21)16-9-3-2-4-10-16/h2-11H,12H2,1H3/b15-11+. The minimum Gasteiger partial charge on any atom is -0.274 e. The van der Waals surface area contributed by atoms with Gasteiger partial charge in [-0.25, -0.2) is 4.90 Å². The molecule has 3 rings (SSSR count). The quantitative estimate of drug-likeness (QED) is 0.623. The van der Waals surface area contributed by atoms with Crippen molar-refractivity contribution in [2.75, 3.05) is 4.90 Å². The lowest BCUT2D eigenvalue weighted by molar-refractivity contribution is -0.120. The van der Waals surface area contributed by atoms with Crippen molar-refractivity contribution in [1.82, 2.24) is 0 Å². The molecule has 1 saturated heterocycles. The molecule has 0 atom stereocenters. The van der Waals surface area contributed by atoms with E-state index in [9.17, 15) is 9.59 Å². The summed E-state index contributed by atoms with van der Waals surface area (Å²) < 4.78 is 0. The molecule has 2 amide bonds. The van der Waals surface area contributed by atoms with E-state index >= 15 is 0 Å². The Balaban J connectivity index is 1.96. The fraction of sp³-hybridized carbons (Fsp3) is 0.111. The smallest absolute Gasteiger partial charge is 0.261 e. The molecular formula is C18H15NO2. The number of hydrogen-bond acceptors (Lipinski definition) is 2. The van der Waals surface area contributed by atoms with Crippen LogP contribution in [-0.2, 0) is 9.59 Å². The maximum absolute atomic E-state index is 12.5. The van der Waals surface area contributed by atoms with Crippen molar-refractivity contribution < 1.29 is 9.59 Å². The van der Waals surface area contributed by atoms with Crippen molar-refractivity contribution in [2.24, 2.45) is 0 Å². The second kappa shape index (κ2) is 5.37. The van der Waals surface area contributed by atoms with Gasteiger partial charge in [-0.15, -0.1) is 0 Å². The van der Waals surface area contributed by atoms with Crippen LogP contribution in [0.15, 0.2) is 60.2 Å². The number of hydrogen-bond donors (Lipinski definition) is 0. The van der Waals surface area contributed by atoms with E-state index in [2.05, 4.69) is 0 Å². The zero-order chi connectivity index (χ0) is 14.8. The number of carbonyl (C=O) groups excluding carboxylic acids is 2. The van der Waals surface area contributed by atoms with E-state index < -0.39 is 0 Å². The van der Waals surface area contributed by atoms with Crippen LogP contribution >= 0.6 is 0 Å². The fourth-order valence-corrected chi connectivity index (χ4v) is 2.46. The highest BCUT2D eigenvalue weighted by Crippen LogP contribution is 2.27. The molecule has 0 radical (unpaired) electrons. The minimum atomic E-state index is -0.227. The van der Waals surface area contributed by atoms with Crippen LogP contribution < -0.4 is 4.90 Å². The largest absolute Gasteiger partial charge is 0.274 e. The number of rotatable bonds is 2. The molecule has 104 valence electrons. The van der Waals surface area contributed by atoms with Gasteiger partial charge in [0.15, 0.2) is 0 Å². The molecule has 0 bridgehead atoms. The van der Waals surface area contributed by atoms with Crippen LogP contribution in [0.1, 0.15) is 17.5 Å². The monoisotopic (exact) mass is 277 g/mol. The average Bonchev–Trinajstić information content (AvgIpc) is 2.77. The molecule has 0 spiro atoms. The van der Waals surface area contributed by atoms with Gasteiger partial charge >= 0.3 is 0 Å². The van der Waals surface area contributed by atoms with E-state index in [0.717, 1.165) is 11.1 Å². The van der Waals surface area contributed by atoms with Crippen molar-refractivity contribution in [3.8, 4) is 0 Å². The van der Waals surface area contributed by atoms with Crippen LogP contribution in [0.5, 0.6) is 0 Å². The first kappa shape index (κ1) is 13.3. The second-order valence-corrected chi connectivity index (χ2v) is 5.07. The molecule has 0 aliphatic carbocycles. The van der Waals surface area contributed by atoms with Gasteiger partial charge in [-0.05, 0) is 36.3 Å². The summed E-state index contributed by atoms with van der Waals surface area (Å²) in [6.07, 6.45) is 1.97. The predicted octanol–water partition coefficient (Wildman–Crippen LogP) is 3.34. The Morgan fingerprint density at radius 2 is 1.62 bits per heavy atom. The van der Waals surface area contributed by atoms with Gasteiger partial charge in [0.2, 0.25) is 5.91 Å². The number of imide groups is 1. The molecule has 1 aliphatic heterocycles. The molecule has 0 aromatic heterocycles. The Bertz CT molecular complexity index is 732. The summed E-state index contributed by atoms with van der Waals surface area (Å²) in [5, 5.41) is 0. The summed E-state index contributed by atoms with van der Waals surface area (Å²) in [7, 11) is 0. The SMILES string of the molecule is Cc1ccccc1/C=C1\CC(=O)N(c2ccccc2)C1=O. The van der Waals surface area contributed by atoms with E-state index in [0.29, 0.717) is 11.3 Å². The fourth-order valence-electron chi connectivity index (χ4n) is 2.46. The Morgan fingerprint density at radius 3 is 2.33 bits per heavy atom. The zero-order valence-corrected chi connectivity index (χ0v) is 11.7. The maximum Gasteiger partial charge on any atom is 0.261 e. The number of anilines is 1. The number of carbonyl (C=O) groups is 2. The first-order valence-electron chi connectivity index (χ1n) is 6.85. The van der Waals surface area contributed by atoms with Crippen molar-refractivity contribution in [3.05, 3.63) is 71.3 Å². The van der Waals surface area contributed by atoms with E-state index in [-0.39, 0.29) is 18.2 Å². The maximum atomic E-state index is 12.5. The molecule has 3 nitrogen and oxygen atoms in total. The molecule has 21 heavy (non-hydrogen) atoms. The number of amides is 2. The van der Waals surface area contributed by atoms with E-state index in [1.165, 1.54) is 4.90 Å². The van der Waals surface area contributed by atoms with Gasteiger partial charge in [0.05, 0.1) is 12.1 Å². The van der Waals surface area contributed by atoms with Crippen molar-refractivity contribution in [1.29, 1.82) is 0 Å². The highest BCUT2D eigenvalue weighted by atomic mass is 16.2. The highest BCUT2D eigenvalue weighted by Gasteiger charge is 2.34. The number of nitrogens with zero attached hydrogens (tertiary/aromatic N) is 1. The van der Waals surface area contributed by atoms with Crippen LogP contribution in [0.4, 0.5) is 5.69 Å². The third-order valence-corrected chi connectivity index (χ3v) is 3.60. The van der Waals surface area contributed by atoms with Crippen molar-refractivity contribution >= 4 is 23.6 Å². The van der Waals surface area contributed by atoms with E-state index in [4.69, 9.17) is 0 Å². The predicted molar refractivity (Wildman–Crippen MR) is 82.7 cm³/mol. The summed E-state index contributed by atoms with van der Waals surface area (Å²) in [6.45, 7) is 1.99. The number of para-hydroxylation sites is 1. The Kier molecular flexibility index (Phi) is 3.40. The Hall–Kier alpha value is -2.68. The van der Waals surface area contributed by atoms with E-state index in [1.54, 1.807) is 12.1 Å². The molecular weight excluding hydrogens is 262 g/mol. The molecule has 0 saturated carbocycles. The summed E-state index contributed by atoms with van der Waals surface area (Å²) in [5.74, 6) is -0.402.